The van der Waals surface area contributed by atoms with Gasteiger partial charge in [-0.2, -0.15) is 0 Å². The Balaban J connectivity index is -0.000000727. The average molecular weight is 706 g/mol. The number of phosphoric acid groups is 2. The molecule has 0 saturated carbocycles. The summed E-state index contributed by atoms with van der Waals surface area (Å²) in [5.74, 6) is 1.21. The fraction of sp³-hybridized carbons (Fsp3) is 1.00. The molecule has 0 aliphatic carbocycles. The molecule has 4 unspecified atom stereocenters. The summed E-state index contributed by atoms with van der Waals surface area (Å²) in [6.07, 6.45) is 16.8. The van der Waals surface area contributed by atoms with Crippen LogP contribution in [0.5, 0.6) is 0 Å². The van der Waals surface area contributed by atoms with Crippen molar-refractivity contribution in [1.29, 1.82) is 0 Å². The van der Waals surface area contributed by atoms with Crippen molar-refractivity contribution in [3.63, 3.8) is 0 Å². The number of phosphoric ester groups is 2. The zero-order chi connectivity index (χ0) is 32.3. The summed E-state index contributed by atoms with van der Waals surface area (Å²) in [5.41, 5.74) is 0. The zero-order valence-electron chi connectivity index (χ0n) is 28.9. The molecule has 43 heavy (non-hydrogen) atoms. The second kappa shape index (κ2) is 31.3. The molecule has 1 radical (unpaired) electrons. The van der Waals surface area contributed by atoms with E-state index in [1.807, 2.05) is 0 Å². The standard InChI is InChI=1S/2C16H35O4P.Cu/c2*1-5-9-11-15(7-3)13-19-21(17,18)20-14-16(8-4)12-10-6-2;/h2*15-16H,5-14H2,1-4H3,(H,17,18);/q;;+2/p-2. The van der Waals surface area contributed by atoms with Crippen LogP contribution in [0.3, 0.4) is 0 Å². The first-order valence-electron chi connectivity index (χ1n) is 17.2. The Kier molecular flexibility index (Phi) is 35.1. The summed E-state index contributed by atoms with van der Waals surface area (Å²) in [5, 5.41) is 0. The van der Waals surface area contributed by atoms with Crippen LogP contribution in [0.15, 0.2) is 0 Å². The molecule has 0 heterocycles. The average Bonchev–Trinajstić information content (AvgIpc) is 2.98. The van der Waals surface area contributed by atoms with E-state index in [9.17, 15) is 18.9 Å². The van der Waals surface area contributed by atoms with Gasteiger partial charge < -0.3 is 27.9 Å². The maximum absolute atomic E-state index is 11.8. The SMILES string of the molecule is CCCCC(CC)COP(=O)([O-])OCC(CC)CCCC.CCCCC(CC)COP(=O)([O-])OCC(CC)CCCC.[Cu+2]. The predicted molar refractivity (Wildman–Crippen MR) is 172 cm³/mol. The van der Waals surface area contributed by atoms with Gasteiger partial charge in [0.1, 0.15) is 0 Å². The molecule has 8 nitrogen and oxygen atoms in total. The van der Waals surface area contributed by atoms with E-state index in [0.29, 0.717) is 23.7 Å². The van der Waals surface area contributed by atoms with Gasteiger partial charge in [-0.05, 0) is 49.4 Å². The summed E-state index contributed by atoms with van der Waals surface area (Å²) < 4.78 is 43.8. The Hall–Kier alpha value is 0.739. The third-order valence-corrected chi connectivity index (χ3v) is 9.91. The van der Waals surface area contributed by atoms with Crippen molar-refractivity contribution >= 4 is 15.6 Å². The summed E-state index contributed by atoms with van der Waals surface area (Å²) in [7, 11) is -8.28. The number of hydrogen-bond acceptors (Lipinski definition) is 8. The van der Waals surface area contributed by atoms with E-state index in [1.54, 1.807) is 0 Å². The van der Waals surface area contributed by atoms with E-state index < -0.39 is 15.6 Å². The van der Waals surface area contributed by atoms with Gasteiger partial charge in [0, 0.05) is 0 Å². The normalized spacial score (nSPS) is 17.0. The van der Waals surface area contributed by atoms with E-state index in [0.717, 1.165) is 103 Å². The largest absolute Gasteiger partial charge is 2.00 e. The Bertz CT molecular complexity index is 582. The van der Waals surface area contributed by atoms with Crippen LogP contribution < -0.4 is 9.79 Å². The molecule has 0 aromatic rings. The van der Waals surface area contributed by atoms with Crippen molar-refractivity contribution in [3.05, 3.63) is 0 Å². The van der Waals surface area contributed by atoms with Crippen LogP contribution in [0.1, 0.15) is 158 Å². The number of unbranched alkanes of at least 4 members (excludes halogenated alkanes) is 4. The van der Waals surface area contributed by atoms with Crippen molar-refractivity contribution < 1.29 is 54.1 Å². The maximum Gasteiger partial charge on any atom is 2.00 e. The van der Waals surface area contributed by atoms with Gasteiger partial charge in [-0.15, -0.1) is 0 Å². The van der Waals surface area contributed by atoms with Crippen molar-refractivity contribution in [2.75, 3.05) is 26.4 Å². The van der Waals surface area contributed by atoms with E-state index in [2.05, 4.69) is 55.4 Å². The fourth-order valence-corrected chi connectivity index (χ4v) is 6.18. The van der Waals surface area contributed by atoms with Crippen molar-refractivity contribution in [2.24, 2.45) is 23.7 Å². The third kappa shape index (κ3) is 29.9. The zero-order valence-corrected chi connectivity index (χ0v) is 31.6. The molecule has 0 rings (SSSR count). The van der Waals surface area contributed by atoms with Gasteiger partial charge in [0.05, 0.1) is 26.4 Å². The topological polar surface area (TPSA) is 117 Å². The minimum Gasteiger partial charge on any atom is -0.756 e. The summed E-state index contributed by atoms with van der Waals surface area (Å²) in [6.45, 7) is 17.8. The molecule has 0 fully saturated rings. The number of rotatable bonds is 28. The molecular weight excluding hydrogens is 638 g/mol. The fourth-order valence-electron chi connectivity index (χ4n) is 4.45. The molecule has 0 amide bonds. The molecule has 0 saturated heterocycles. The molecule has 0 bridgehead atoms. The molecule has 0 aliphatic heterocycles. The van der Waals surface area contributed by atoms with Crippen LogP contribution in [0.25, 0.3) is 0 Å². The van der Waals surface area contributed by atoms with Crippen LogP contribution in [0.2, 0.25) is 0 Å². The second-order valence-electron chi connectivity index (χ2n) is 11.7. The summed E-state index contributed by atoms with van der Waals surface area (Å²) in [4.78, 5) is 23.6. The Morgan fingerprint density at radius 2 is 0.628 bits per heavy atom. The molecule has 0 aromatic carbocycles. The van der Waals surface area contributed by atoms with Crippen LogP contribution >= 0.6 is 15.6 Å². The molecular formula is C32H68CuO8P2. The Morgan fingerprint density at radius 1 is 0.442 bits per heavy atom. The van der Waals surface area contributed by atoms with Crippen LogP contribution in [-0.4, -0.2) is 26.4 Å². The van der Waals surface area contributed by atoms with E-state index >= 15 is 0 Å². The van der Waals surface area contributed by atoms with Gasteiger partial charge in [-0.3, -0.25) is 9.13 Å². The second-order valence-corrected chi connectivity index (χ2v) is 14.6. The minimum absolute atomic E-state index is 0. The van der Waals surface area contributed by atoms with Gasteiger partial charge in [0.25, 0.3) is 15.6 Å². The monoisotopic (exact) mass is 705 g/mol. The first-order chi connectivity index (χ1) is 20.0. The number of hydrogen-bond donors (Lipinski definition) is 0. The molecule has 0 aliphatic rings. The van der Waals surface area contributed by atoms with Gasteiger partial charge in [0.2, 0.25) is 0 Å². The predicted octanol–water partition coefficient (Wildman–Crippen LogP) is 9.84. The first kappa shape index (κ1) is 48.1. The molecule has 265 valence electrons. The van der Waals surface area contributed by atoms with Gasteiger partial charge in [0.15, 0.2) is 0 Å². The first-order valence-corrected chi connectivity index (χ1v) is 20.1. The minimum atomic E-state index is -4.14. The molecule has 0 aromatic heterocycles. The summed E-state index contributed by atoms with van der Waals surface area (Å²) in [6, 6.07) is 0. The van der Waals surface area contributed by atoms with Gasteiger partial charge in [-0.1, -0.05) is 132 Å². The van der Waals surface area contributed by atoms with Crippen LogP contribution in [0.4, 0.5) is 0 Å². The van der Waals surface area contributed by atoms with E-state index in [-0.39, 0.29) is 43.5 Å². The smallest absolute Gasteiger partial charge is 0.756 e. The third-order valence-electron chi connectivity index (χ3n) is 8.05. The van der Waals surface area contributed by atoms with Gasteiger partial charge >= 0.3 is 17.1 Å². The molecule has 0 spiro atoms. The summed E-state index contributed by atoms with van der Waals surface area (Å²) >= 11 is 0. The quantitative estimate of drug-likeness (QED) is 0.0583. The maximum atomic E-state index is 11.8. The van der Waals surface area contributed by atoms with Crippen molar-refractivity contribution in [2.45, 2.75) is 158 Å². The molecule has 11 heteroatoms. The van der Waals surface area contributed by atoms with Crippen LogP contribution in [0, 0.1) is 23.7 Å². The Morgan fingerprint density at radius 3 is 0.767 bits per heavy atom. The molecule has 4 atom stereocenters. The van der Waals surface area contributed by atoms with Crippen molar-refractivity contribution in [3.8, 4) is 0 Å². The van der Waals surface area contributed by atoms with E-state index in [4.69, 9.17) is 18.1 Å². The van der Waals surface area contributed by atoms with Crippen LogP contribution in [-0.2, 0) is 44.3 Å². The Labute approximate surface area is 277 Å². The van der Waals surface area contributed by atoms with E-state index in [1.165, 1.54) is 0 Å². The van der Waals surface area contributed by atoms with Gasteiger partial charge in [-0.25, -0.2) is 0 Å². The van der Waals surface area contributed by atoms with Crippen molar-refractivity contribution in [1.82, 2.24) is 0 Å². The molecule has 0 N–H and O–H groups in total.